The van der Waals surface area contributed by atoms with Crippen molar-refractivity contribution in [2.24, 2.45) is 5.92 Å². The third kappa shape index (κ3) is 5.57. The van der Waals surface area contributed by atoms with E-state index < -0.39 is 0 Å². The van der Waals surface area contributed by atoms with E-state index in [9.17, 15) is 9.59 Å². The number of nitrogens with one attached hydrogen (secondary N) is 2. The van der Waals surface area contributed by atoms with Gasteiger partial charge in [0, 0.05) is 31.9 Å². The largest absolute Gasteiger partial charge is 0.356 e. The Balaban J connectivity index is 1.45. The first-order valence-corrected chi connectivity index (χ1v) is 7.09. The van der Waals surface area contributed by atoms with Crippen LogP contribution in [0, 0.1) is 5.92 Å². The molecule has 0 radical (unpaired) electrons. The van der Waals surface area contributed by atoms with Crippen LogP contribution in [0.3, 0.4) is 0 Å². The second kappa shape index (κ2) is 7.45. The average molecular weight is 270 g/mol. The normalized spacial score (nSPS) is 22.8. The van der Waals surface area contributed by atoms with Gasteiger partial charge in [-0.2, -0.15) is 0 Å². The molecule has 0 spiro atoms. The number of carbonyl (C=O) groups is 2. The molecule has 2 N–H and O–H groups in total. The third-order valence-electron chi connectivity index (χ3n) is 3.27. The molecule has 1 aliphatic heterocycles. The molecule has 2 aliphatic rings. The average Bonchev–Trinajstić information content (AvgIpc) is 3.27. The monoisotopic (exact) mass is 270 g/mol. The van der Waals surface area contributed by atoms with Crippen LogP contribution in [0.25, 0.3) is 0 Å². The first kappa shape index (κ1) is 14.3. The van der Waals surface area contributed by atoms with Crippen LogP contribution in [0.15, 0.2) is 0 Å². The first-order chi connectivity index (χ1) is 9.25. The highest BCUT2D eigenvalue weighted by molar-refractivity contribution is 5.80. The lowest BCUT2D eigenvalue weighted by atomic mass is 10.2. The van der Waals surface area contributed by atoms with Crippen LogP contribution in [0.4, 0.5) is 0 Å². The Morgan fingerprint density at radius 3 is 2.74 bits per heavy atom. The molecule has 1 heterocycles. The molecule has 19 heavy (non-hydrogen) atoms. The van der Waals surface area contributed by atoms with Crippen LogP contribution in [0.5, 0.6) is 0 Å². The summed E-state index contributed by atoms with van der Waals surface area (Å²) in [6.45, 7) is 1.23. The van der Waals surface area contributed by atoms with Crippen molar-refractivity contribution in [1.82, 2.24) is 10.8 Å². The molecule has 0 aromatic heterocycles. The molecule has 108 valence electrons. The minimum Gasteiger partial charge on any atom is -0.356 e. The summed E-state index contributed by atoms with van der Waals surface area (Å²) in [6, 6.07) is 0. The third-order valence-corrected chi connectivity index (χ3v) is 3.27. The van der Waals surface area contributed by atoms with Crippen molar-refractivity contribution in [3.63, 3.8) is 0 Å². The van der Waals surface area contributed by atoms with E-state index in [-0.39, 0.29) is 24.0 Å². The van der Waals surface area contributed by atoms with Gasteiger partial charge in [0.05, 0.1) is 0 Å². The van der Waals surface area contributed by atoms with E-state index in [0.717, 1.165) is 32.1 Å². The minimum atomic E-state index is -0.313. The molecule has 6 nitrogen and oxygen atoms in total. The number of hydroxylamine groups is 1. The van der Waals surface area contributed by atoms with Gasteiger partial charge in [-0.3, -0.25) is 9.59 Å². The molecule has 0 bridgehead atoms. The number of hydrogen-bond acceptors (Lipinski definition) is 4. The predicted octanol–water partition coefficient (Wildman–Crippen LogP) is 0.867. The van der Waals surface area contributed by atoms with Gasteiger partial charge in [-0.1, -0.05) is 0 Å². The maximum absolute atomic E-state index is 11.5. The second-order valence-electron chi connectivity index (χ2n) is 5.11. The van der Waals surface area contributed by atoms with Gasteiger partial charge < -0.3 is 10.1 Å². The molecule has 1 saturated carbocycles. The van der Waals surface area contributed by atoms with Crippen LogP contribution in [-0.2, 0) is 19.2 Å². The Kier molecular flexibility index (Phi) is 5.60. The number of hydrogen-bond donors (Lipinski definition) is 2. The SMILES string of the molecule is O=C(CCCNC(=O)C1CC1)NOC1CCCCO1. The molecule has 2 fully saturated rings. The van der Waals surface area contributed by atoms with Crippen LogP contribution in [-0.4, -0.2) is 31.3 Å². The van der Waals surface area contributed by atoms with Gasteiger partial charge in [0.2, 0.25) is 11.8 Å². The van der Waals surface area contributed by atoms with Crippen molar-refractivity contribution >= 4 is 11.8 Å². The number of amides is 2. The molecule has 0 aromatic rings. The van der Waals surface area contributed by atoms with E-state index in [4.69, 9.17) is 9.57 Å². The molecular weight excluding hydrogens is 248 g/mol. The molecule has 2 rings (SSSR count). The van der Waals surface area contributed by atoms with E-state index in [0.29, 0.717) is 26.0 Å². The Labute approximate surface area is 113 Å². The highest BCUT2D eigenvalue weighted by Crippen LogP contribution is 2.28. The van der Waals surface area contributed by atoms with Crippen LogP contribution in [0.1, 0.15) is 44.9 Å². The summed E-state index contributed by atoms with van der Waals surface area (Å²) in [7, 11) is 0. The zero-order valence-electron chi connectivity index (χ0n) is 11.2. The zero-order chi connectivity index (χ0) is 13.5. The van der Waals surface area contributed by atoms with Gasteiger partial charge in [0.1, 0.15) is 0 Å². The fraction of sp³-hybridized carbons (Fsp3) is 0.846. The summed E-state index contributed by atoms with van der Waals surface area (Å²) >= 11 is 0. The van der Waals surface area contributed by atoms with Gasteiger partial charge in [0.15, 0.2) is 6.29 Å². The van der Waals surface area contributed by atoms with Gasteiger partial charge >= 0.3 is 0 Å². The summed E-state index contributed by atoms with van der Waals surface area (Å²) in [5.41, 5.74) is 2.40. The van der Waals surface area contributed by atoms with E-state index in [2.05, 4.69) is 10.8 Å². The summed E-state index contributed by atoms with van der Waals surface area (Å²) in [5, 5.41) is 2.82. The van der Waals surface area contributed by atoms with Crippen molar-refractivity contribution < 1.29 is 19.2 Å². The highest BCUT2D eigenvalue weighted by atomic mass is 16.8. The van der Waals surface area contributed by atoms with Crippen molar-refractivity contribution in [3.05, 3.63) is 0 Å². The Morgan fingerprint density at radius 1 is 1.21 bits per heavy atom. The van der Waals surface area contributed by atoms with Crippen LogP contribution in [0.2, 0.25) is 0 Å². The smallest absolute Gasteiger partial charge is 0.243 e. The molecule has 2 amide bonds. The quantitative estimate of drug-likeness (QED) is 0.531. The Bertz CT molecular complexity index is 312. The van der Waals surface area contributed by atoms with Crippen molar-refractivity contribution in [1.29, 1.82) is 0 Å². The maximum Gasteiger partial charge on any atom is 0.243 e. The zero-order valence-corrected chi connectivity index (χ0v) is 11.2. The number of rotatable bonds is 7. The van der Waals surface area contributed by atoms with E-state index >= 15 is 0 Å². The van der Waals surface area contributed by atoms with E-state index in [1.165, 1.54) is 0 Å². The lowest BCUT2D eigenvalue weighted by molar-refractivity contribution is -0.200. The van der Waals surface area contributed by atoms with Gasteiger partial charge in [-0.15, -0.1) is 0 Å². The number of carbonyl (C=O) groups excluding carboxylic acids is 2. The van der Waals surface area contributed by atoms with Crippen molar-refractivity contribution in [2.45, 2.75) is 51.2 Å². The molecule has 6 heteroatoms. The Morgan fingerprint density at radius 2 is 2.05 bits per heavy atom. The van der Waals surface area contributed by atoms with Crippen molar-refractivity contribution in [2.75, 3.05) is 13.2 Å². The summed E-state index contributed by atoms with van der Waals surface area (Å²) in [4.78, 5) is 28.0. The standard InChI is InChI=1S/C13H22N2O4/c16-11(15-19-12-5-1-2-9-18-12)4-3-8-14-13(17)10-6-7-10/h10,12H,1-9H2,(H,14,17)(H,15,16). The van der Waals surface area contributed by atoms with Crippen molar-refractivity contribution in [3.8, 4) is 0 Å². The molecule has 1 saturated heterocycles. The van der Waals surface area contributed by atoms with E-state index in [1.54, 1.807) is 0 Å². The second-order valence-corrected chi connectivity index (χ2v) is 5.11. The lowest BCUT2D eigenvalue weighted by Crippen LogP contribution is -2.33. The lowest BCUT2D eigenvalue weighted by Gasteiger charge is -2.22. The van der Waals surface area contributed by atoms with Crippen LogP contribution < -0.4 is 10.8 Å². The van der Waals surface area contributed by atoms with Gasteiger partial charge in [0.25, 0.3) is 0 Å². The van der Waals surface area contributed by atoms with Gasteiger partial charge in [-0.05, 0) is 32.1 Å². The molecule has 1 aliphatic carbocycles. The van der Waals surface area contributed by atoms with E-state index in [1.807, 2.05) is 0 Å². The fourth-order valence-corrected chi connectivity index (χ4v) is 1.94. The molecule has 1 unspecified atom stereocenters. The highest BCUT2D eigenvalue weighted by Gasteiger charge is 2.28. The molecule has 0 aromatic carbocycles. The predicted molar refractivity (Wildman–Crippen MR) is 67.8 cm³/mol. The Hall–Kier alpha value is -1.14. The number of ether oxygens (including phenoxy) is 1. The summed E-state index contributed by atoms with van der Waals surface area (Å²) in [5.74, 6) is 0.169. The maximum atomic E-state index is 11.5. The fourth-order valence-electron chi connectivity index (χ4n) is 1.94. The molecule has 1 atom stereocenters. The summed E-state index contributed by atoms with van der Waals surface area (Å²) < 4.78 is 5.32. The first-order valence-electron chi connectivity index (χ1n) is 7.09. The minimum absolute atomic E-state index is 0.118. The molecular formula is C13H22N2O4. The topological polar surface area (TPSA) is 76.7 Å². The van der Waals surface area contributed by atoms with Gasteiger partial charge in [-0.25, -0.2) is 10.3 Å². The summed E-state index contributed by atoms with van der Waals surface area (Å²) in [6.07, 6.45) is 5.59. The van der Waals surface area contributed by atoms with Crippen LogP contribution >= 0.6 is 0 Å².